The van der Waals surface area contributed by atoms with Gasteiger partial charge in [0.2, 0.25) is 0 Å². The van der Waals surface area contributed by atoms with E-state index >= 15 is 0 Å². The molecule has 1 unspecified atom stereocenters. The molecule has 1 aliphatic rings. The maximum atomic E-state index is 5.82. The van der Waals surface area contributed by atoms with Crippen LogP contribution in [-0.4, -0.2) is 7.11 Å². The summed E-state index contributed by atoms with van der Waals surface area (Å²) >= 11 is 0. The van der Waals surface area contributed by atoms with Crippen LogP contribution in [0.4, 0.5) is 0 Å². The molecule has 130 valence electrons. The molecule has 0 N–H and O–H groups in total. The molecule has 0 spiro atoms. The molecule has 1 aliphatic carbocycles. The zero-order valence-electron chi connectivity index (χ0n) is 16.0. The topological polar surface area (TPSA) is 9.23 Å². The van der Waals surface area contributed by atoms with Gasteiger partial charge in [0.25, 0.3) is 0 Å². The van der Waals surface area contributed by atoms with E-state index in [4.69, 9.17) is 4.74 Å². The van der Waals surface area contributed by atoms with Crippen LogP contribution < -0.4 is 4.74 Å². The van der Waals surface area contributed by atoms with Crippen LogP contribution in [0.25, 0.3) is 11.1 Å². The number of benzene rings is 2. The van der Waals surface area contributed by atoms with Gasteiger partial charge in [-0.05, 0) is 61.8 Å². The lowest BCUT2D eigenvalue weighted by Crippen LogP contribution is -2.01. The number of rotatable bonds is 5. The molecule has 0 bridgehead atoms. The lowest BCUT2D eigenvalue weighted by atomic mass is 9.91. The highest BCUT2D eigenvalue weighted by atomic mass is 16.5. The van der Waals surface area contributed by atoms with Gasteiger partial charge in [-0.3, -0.25) is 0 Å². The van der Waals surface area contributed by atoms with Gasteiger partial charge in [-0.25, -0.2) is 0 Å². The third-order valence-corrected chi connectivity index (χ3v) is 5.86. The smallest absolute Gasteiger partial charge is 0.129 e. The van der Waals surface area contributed by atoms with Crippen LogP contribution in [0.3, 0.4) is 0 Å². The molecule has 0 saturated heterocycles. The van der Waals surface area contributed by atoms with Gasteiger partial charge in [0.05, 0.1) is 7.11 Å². The first kappa shape index (κ1) is 17.5. The molecule has 0 heterocycles. The van der Waals surface area contributed by atoms with E-state index in [1.54, 1.807) is 12.7 Å². The van der Waals surface area contributed by atoms with Crippen LogP contribution >= 0.6 is 0 Å². The van der Waals surface area contributed by atoms with Gasteiger partial charge in [-0.15, -0.1) is 0 Å². The second-order valence-corrected chi connectivity index (χ2v) is 7.04. The molecule has 25 heavy (non-hydrogen) atoms. The second kappa shape index (κ2) is 7.31. The Morgan fingerprint density at radius 3 is 2.16 bits per heavy atom. The maximum Gasteiger partial charge on any atom is 0.129 e. The van der Waals surface area contributed by atoms with Gasteiger partial charge >= 0.3 is 0 Å². The van der Waals surface area contributed by atoms with Crippen molar-refractivity contribution in [3.8, 4) is 16.9 Å². The van der Waals surface area contributed by atoms with E-state index in [1.165, 1.54) is 33.4 Å². The Bertz CT molecular complexity index is 824. The Kier molecular flexibility index (Phi) is 5.13. The highest BCUT2D eigenvalue weighted by Crippen LogP contribution is 2.40. The summed E-state index contributed by atoms with van der Waals surface area (Å²) in [5.74, 6) is 1.59. The average Bonchev–Trinajstić information content (AvgIpc) is 2.83. The normalized spacial score (nSPS) is 17.4. The Morgan fingerprint density at radius 1 is 0.840 bits per heavy atom. The molecular formula is C24H28O. The summed E-state index contributed by atoms with van der Waals surface area (Å²) in [5.41, 5.74) is 9.75. The van der Waals surface area contributed by atoms with E-state index < -0.39 is 0 Å². The Hall–Kier alpha value is -2.28. The fraction of sp³-hybridized carbons (Fsp3) is 0.333. The highest BCUT2D eigenvalue weighted by Gasteiger charge is 2.23. The molecule has 2 aromatic carbocycles. The maximum absolute atomic E-state index is 5.82. The second-order valence-electron chi connectivity index (χ2n) is 7.04. The Labute approximate surface area is 152 Å². The van der Waals surface area contributed by atoms with Crippen LogP contribution in [0.1, 0.15) is 39.7 Å². The molecule has 0 fully saturated rings. The summed E-state index contributed by atoms with van der Waals surface area (Å²) in [6.45, 7) is 9.13. The van der Waals surface area contributed by atoms with E-state index in [9.17, 15) is 0 Å². The van der Waals surface area contributed by atoms with Crippen molar-refractivity contribution in [3.05, 3.63) is 76.4 Å². The quantitative estimate of drug-likeness (QED) is 0.599. The molecule has 1 nitrogen and oxygen atoms in total. The minimum absolute atomic E-state index is 0.573. The standard InChI is InChI=1S/C24H28O/c1-16-17(2)19(4)22(18(16)3)15-14-21-12-9-13-23(24(21)25-5)20-10-7-6-8-11-20/h6-13,18H,14-15H2,1-5H3. The number of allylic oxidation sites excluding steroid dienone is 4. The van der Waals surface area contributed by atoms with Crippen LogP contribution in [0.2, 0.25) is 0 Å². The molecule has 0 saturated carbocycles. The van der Waals surface area contributed by atoms with Crippen molar-refractivity contribution in [1.82, 2.24) is 0 Å². The van der Waals surface area contributed by atoms with Crippen LogP contribution in [0, 0.1) is 5.92 Å². The summed E-state index contributed by atoms with van der Waals surface area (Å²) in [5, 5.41) is 0. The zero-order chi connectivity index (χ0) is 18.0. The van der Waals surface area contributed by atoms with Crippen molar-refractivity contribution >= 4 is 0 Å². The minimum Gasteiger partial charge on any atom is -0.496 e. The predicted molar refractivity (Wildman–Crippen MR) is 107 cm³/mol. The molecule has 0 aromatic heterocycles. The first-order valence-electron chi connectivity index (χ1n) is 9.13. The third kappa shape index (κ3) is 3.28. The first-order valence-corrected chi connectivity index (χ1v) is 9.13. The van der Waals surface area contributed by atoms with E-state index in [1.807, 2.05) is 6.07 Å². The molecule has 1 heteroatoms. The van der Waals surface area contributed by atoms with Crippen molar-refractivity contribution in [3.63, 3.8) is 0 Å². The summed E-state index contributed by atoms with van der Waals surface area (Å²) in [6, 6.07) is 17.0. The van der Waals surface area contributed by atoms with Crippen LogP contribution in [0.5, 0.6) is 5.75 Å². The monoisotopic (exact) mass is 332 g/mol. The number of hydrogen-bond donors (Lipinski definition) is 0. The number of ether oxygens (including phenoxy) is 1. The first-order chi connectivity index (χ1) is 12.0. The van der Waals surface area contributed by atoms with E-state index in [0.717, 1.165) is 18.6 Å². The Balaban J connectivity index is 1.87. The zero-order valence-corrected chi connectivity index (χ0v) is 16.0. The van der Waals surface area contributed by atoms with Crippen molar-refractivity contribution in [2.45, 2.75) is 40.5 Å². The molecule has 2 aromatic rings. The van der Waals surface area contributed by atoms with Crippen molar-refractivity contribution < 1.29 is 4.74 Å². The predicted octanol–water partition coefficient (Wildman–Crippen LogP) is 6.60. The summed E-state index contributed by atoms with van der Waals surface area (Å²) < 4.78 is 5.82. The number of para-hydroxylation sites is 1. The summed E-state index contributed by atoms with van der Waals surface area (Å²) in [6.07, 6.45) is 2.11. The molecule has 0 aliphatic heterocycles. The molecular weight excluding hydrogens is 304 g/mol. The number of methoxy groups -OCH3 is 1. The van der Waals surface area contributed by atoms with Gasteiger partial charge in [0, 0.05) is 5.56 Å². The highest BCUT2D eigenvalue weighted by molar-refractivity contribution is 5.72. The average molecular weight is 332 g/mol. The third-order valence-electron chi connectivity index (χ3n) is 5.86. The molecule has 3 rings (SSSR count). The van der Waals surface area contributed by atoms with Gasteiger partial charge in [-0.2, -0.15) is 0 Å². The SMILES string of the molecule is COc1c(CCC2=C(C)C(C)=C(C)C2C)cccc1-c1ccccc1. The van der Waals surface area contributed by atoms with Crippen molar-refractivity contribution in [2.24, 2.45) is 5.92 Å². The lowest BCUT2D eigenvalue weighted by molar-refractivity contribution is 0.411. The minimum atomic E-state index is 0.573. The van der Waals surface area contributed by atoms with Gasteiger partial charge in [-0.1, -0.05) is 66.6 Å². The van der Waals surface area contributed by atoms with Crippen molar-refractivity contribution in [1.29, 1.82) is 0 Å². The van der Waals surface area contributed by atoms with Gasteiger partial charge in [0.15, 0.2) is 0 Å². The largest absolute Gasteiger partial charge is 0.496 e. The Morgan fingerprint density at radius 2 is 1.56 bits per heavy atom. The van der Waals surface area contributed by atoms with Crippen LogP contribution in [0.15, 0.2) is 70.8 Å². The van der Waals surface area contributed by atoms with Crippen LogP contribution in [-0.2, 0) is 6.42 Å². The lowest BCUT2D eigenvalue weighted by Gasteiger charge is -2.16. The van der Waals surface area contributed by atoms with E-state index in [-0.39, 0.29) is 0 Å². The van der Waals surface area contributed by atoms with Crippen molar-refractivity contribution in [2.75, 3.05) is 7.11 Å². The fourth-order valence-corrected chi connectivity index (χ4v) is 3.99. The summed E-state index contributed by atoms with van der Waals surface area (Å²) in [7, 11) is 1.78. The molecule has 0 radical (unpaired) electrons. The van der Waals surface area contributed by atoms with Gasteiger partial charge in [0.1, 0.15) is 5.75 Å². The molecule has 0 amide bonds. The number of aryl methyl sites for hydroxylation is 1. The molecule has 1 atom stereocenters. The van der Waals surface area contributed by atoms with E-state index in [2.05, 4.69) is 70.2 Å². The van der Waals surface area contributed by atoms with Gasteiger partial charge < -0.3 is 4.74 Å². The fourth-order valence-electron chi connectivity index (χ4n) is 3.99. The number of hydrogen-bond acceptors (Lipinski definition) is 1. The summed E-state index contributed by atoms with van der Waals surface area (Å²) in [4.78, 5) is 0. The van der Waals surface area contributed by atoms with E-state index in [0.29, 0.717) is 5.92 Å².